The third-order valence-electron chi connectivity index (χ3n) is 5.20. The lowest BCUT2D eigenvalue weighted by Gasteiger charge is -2.36. The number of nitrogens with one attached hydrogen (secondary N) is 2. The number of rotatable bonds is 4. The Morgan fingerprint density at radius 2 is 2.07 bits per heavy atom. The second-order valence-corrected chi connectivity index (χ2v) is 8.95. The molecule has 1 amide bonds. The molecule has 10 nitrogen and oxygen atoms in total. The molecule has 3 heterocycles. The molecule has 11 heteroatoms. The maximum atomic E-state index is 12.8. The minimum absolute atomic E-state index is 0.179. The maximum Gasteiger partial charge on any atom is 0.280 e. The van der Waals surface area contributed by atoms with E-state index in [4.69, 9.17) is 9.47 Å². The normalized spacial score (nSPS) is 23.1. The minimum atomic E-state index is -3.80. The predicted molar refractivity (Wildman–Crippen MR) is 103 cm³/mol. The second-order valence-electron chi connectivity index (χ2n) is 7.19. The molecule has 2 N–H and O–H groups in total. The summed E-state index contributed by atoms with van der Waals surface area (Å²) in [7, 11) is -0.627. The lowest BCUT2D eigenvalue weighted by molar-refractivity contribution is -0.125. The molecule has 156 valence electrons. The van der Waals surface area contributed by atoms with Crippen molar-refractivity contribution in [3.8, 4) is 11.5 Å². The van der Waals surface area contributed by atoms with Crippen molar-refractivity contribution in [1.82, 2.24) is 24.1 Å². The minimum Gasteiger partial charge on any atom is -0.454 e. The number of benzene rings is 1. The van der Waals surface area contributed by atoms with Crippen LogP contribution in [0.2, 0.25) is 0 Å². The Bertz CT molecular complexity index is 1050. The van der Waals surface area contributed by atoms with E-state index in [1.807, 2.05) is 13.0 Å². The summed E-state index contributed by atoms with van der Waals surface area (Å²) >= 11 is 0. The van der Waals surface area contributed by atoms with Crippen LogP contribution < -0.4 is 19.5 Å². The highest BCUT2D eigenvalue weighted by Crippen LogP contribution is 2.33. The Kier molecular flexibility index (Phi) is 4.97. The number of nitrogens with zero attached hydrogens (tertiary/aromatic N) is 3. The highest BCUT2D eigenvalue weighted by atomic mass is 32.2. The average molecular weight is 421 g/mol. The predicted octanol–water partition coefficient (Wildman–Crippen LogP) is 0.353. The van der Waals surface area contributed by atoms with Crippen LogP contribution in [0.15, 0.2) is 24.4 Å². The van der Waals surface area contributed by atoms with E-state index in [2.05, 4.69) is 15.1 Å². The van der Waals surface area contributed by atoms with Crippen LogP contribution in [0.25, 0.3) is 0 Å². The van der Waals surface area contributed by atoms with Gasteiger partial charge in [-0.2, -0.15) is 22.5 Å². The van der Waals surface area contributed by atoms with Gasteiger partial charge >= 0.3 is 0 Å². The van der Waals surface area contributed by atoms with E-state index < -0.39 is 22.3 Å². The standard InChI is InChI=1S/C18H23N5O5S/c1-11-13(9-22(2)20-11)14-7-15(23(3)29(25,26)21-14)18(24)19-8-12-4-5-16-17(6-12)28-10-27-16/h4-6,9,14-15,21H,7-8,10H2,1-3H3,(H,19,24)/t14-,15-/m1/s1. The molecular formula is C18H23N5O5S. The maximum absolute atomic E-state index is 12.8. The van der Waals surface area contributed by atoms with Crippen molar-refractivity contribution in [2.75, 3.05) is 13.8 Å². The molecule has 2 aliphatic rings. The molecule has 2 atom stereocenters. The topological polar surface area (TPSA) is 115 Å². The molecule has 1 aromatic heterocycles. The van der Waals surface area contributed by atoms with Crippen LogP contribution in [-0.4, -0.2) is 48.3 Å². The van der Waals surface area contributed by atoms with Crippen LogP contribution in [0.3, 0.4) is 0 Å². The summed E-state index contributed by atoms with van der Waals surface area (Å²) in [6, 6.07) is 4.06. The van der Waals surface area contributed by atoms with Gasteiger partial charge in [0.25, 0.3) is 10.2 Å². The highest BCUT2D eigenvalue weighted by molar-refractivity contribution is 7.87. The third-order valence-corrected chi connectivity index (χ3v) is 6.80. The van der Waals surface area contributed by atoms with Crippen molar-refractivity contribution in [2.45, 2.75) is 32.0 Å². The van der Waals surface area contributed by atoms with Gasteiger partial charge in [-0.1, -0.05) is 6.07 Å². The molecular weight excluding hydrogens is 398 g/mol. The lowest BCUT2D eigenvalue weighted by atomic mass is 10.00. The Balaban J connectivity index is 1.49. The quantitative estimate of drug-likeness (QED) is 0.736. The second kappa shape index (κ2) is 7.32. The molecule has 1 saturated heterocycles. The first kappa shape index (κ1) is 19.7. The van der Waals surface area contributed by atoms with E-state index in [0.29, 0.717) is 17.9 Å². The van der Waals surface area contributed by atoms with Gasteiger partial charge in [-0.05, 0) is 31.0 Å². The largest absolute Gasteiger partial charge is 0.454 e. The average Bonchev–Trinajstić information content (AvgIpc) is 3.26. The fraction of sp³-hybridized carbons (Fsp3) is 0.444. The molecule has 0 bridgehead atoms. The third kappa shape index (κ3) is 3.80. The van der Waals surface area contributed by atoms with Crippen LogP contribution in [0.4, 0.5) is 0 Å². The van der Waals surface area contributed by atoms with Gasteiger partial charge in [-0.15, -0.1) is 0 Å². The van der Waals surface area contributed by atoms with E-state index in [1.54, 1.807) is 30.1 Å². The zero-order valence-electron chi connectivity index (χ0n) is 16.4. The molecule has 2 aliphatic heterocycles. The lowest BCUT2D eigenvalue weighted by Crippen LogP contribution is -2.57. The van der Waals surface area contributed by atoms with Crippen LogP contribution in [-0.2, 0) is 28.6 Å². The van der Waals surface area contributed by atoms with Gasteiger partial charge in [-0.3, -0.25) is 9.48 Å². The first-order valence-electron chi connectivity index (χ1n) is 9.16. The smallest absolute Gasteiger partial charge is 0.280 e. The van der Waals surface area contributed by atoms with E-state index in [-0.39, 0.29) is 19.2 Å². The van der Waals surface area contributed by atoms with E-state index in [9.17, 15) is 13.2 Å². The molecule has 0 saturated carbocycles. The number of aromatic nitrogens is 2. The number of ether oxygens (including phenoxy) is 2. The van der Waals surface area contributed by atoms with Gasteiger partial charge in [0, 0.05) is 32.4 Å². The molecule has 29 heavy (non-hydrogen) atoms. The number of carbonyl (C=O) groups is 1. The molecule has 0 radical (unpaired) electrons. The number of fused-ring (bicyclic) bond motifs is 1. The van der Waals surface area contributed by atoms with E-state index in [1.165, 1.54) is 7.05 Å². The summed E-state index contributed by atoms with van der Waals surface area (Å²) in [6.45, 7) is 2.25. The molecule has 2 aromatic rings. The summed E-state index contributed by atoms with van der Waals surface area (Å²) in [4.78, 5) is 12.8. The van der Waals surface area contributed by atoms with Gasteiger partial charge < -0.3 is 14.8 Å². The van der Waals surface area contributed by atoms with Crippen LogP contribution >= 0.6 is 0 Å². The fourth-order valence-electron chi connectivity index (χ4n) is 3.63. The first-order valence-corrected chi connectivity index (χ1v) is 10.6. The molecule has 0 unspecified atom stereocenters. The summed E-state index contributed by atoms with van der Waals surface area (Å²) in [5, 5.41) is 7.10. The van der Waals surface area contributed by atoms with Crippen molar-refractivity contribution in [3.05, 3.63) is 41.2 Å². The molecule has 4 rings (SSSR count). The fourth-order valence-corrected chi connectivity index (χ4v) is 4.90. The summed E-state index contributed by atoms with van der Waals surface area (Å²) < 4.78 is 41.1. The first-order chi connectivity index (χ1) is 13.7. The number of likely N-dealkylation sites (N-methyl/N-ethyl adjacent to an activating group) is 1. The Morgan fingerprint density at radius 1 is 1.31 bits per heavy atom. The number of hydrogen-bond acceptors (Lipinski definition) is 6. The Hall–Kier alpha value is -2.63. The highest BCUT2D eigenvalue weighted by Gasteiger charge is 2.41. The van der Waals surface area contributed by atoms with E-state index >= 15 is 0 Å². The SMILES string of the molecule is Cc1nn(C)cc1[C@H]1C[C@H](C(=O)NCc2ccc3c(c2)OCO3)N(C)S(=O)(=O)N1. The van der Waals surface area contributed by atoms with Crippen LogP contribution in [0, 0.1) is 6.92 Å². The number of aryl methyl sites for hydroxylation is 2. The number of hydrogen-bond donors (Lipinski definition) is 2. The Morgan fingerprint density at radius 3 is 2.79 bits per heavy atom. The number of carbonyl (C=O) groups excluding carboxylic acids is 1. The van der Waals surface area contributed by atoms with E-state index in [0.717, 1.165) is 21.1 Å². The van der Waals surface area contributed by atoms with Crippen LogP contribution in [0.5, 0.6) is 11.5 Å². The van der Waals surface area contributed by atoms with Gasteiger partial charge in [0.05, 0.1) is 11.7 Å². The van der Waals surface area contributed by atoms with Crippen molar-refractivity contribution in [2.24, 2.45) is 7.05 Å². The molecule has 1 aromatic carbocycles. The van der Waals surface area contributed by atoms with Gasteiger partial charge in [0.2, 0.25) is 12.7 Å². The molecule has 0 spiro atoms. The van der Waals surface area contributed by atoms with Crippen molar-refractivity contribution < 1.29 is 22.7 Å². The Labute approximate surface area is 169 Å². The molecule has 0 aliphatic carbocycles. The summed E-state index contributed by atoms with van der Waals surface area (Å²) in [6.07, 6.45) is 2.07. The molecule has 1 fully saturated rings. The summed E-state index contributed by atoms with van der Waals surface area (Å²) in [5.74, 6) is 0.936. The van der Waals surface area contributed by atoms with Crippen molar-refractivity contribution >= 4 is 16.1 Å². The summed E-state index contributed by atoms with van der Waals surface area (Å²) in [5.41, 5.74) is 2.32. The monoisotopic (exact) mass is 421 g/mol. The van der Waals surface area contributed by atoms with Gasteiger partial charge in [0.1, 0.15) is 6.04 Å². The zero-order valence-corrected chi connectivity index (χ0v) is 17.2. The van der Waals surface area contributed by atoms with Crippen molar-refractivity contribution in [3.63, 3.8) is 0 Å². The van der Waals surface area contributed by atoms with Gasteiger partial charge in [-0.25, -0.2) is 0 Å². The van der Waals surface area contributed by atoms with Crippen LogP contribution in [0.1, 0.15) is 29.3 Å². The zero-order chi connectivity index (χ0) is 20.8. The van der Waals surface area contributed by atoms with Gasteiger partial charge in [0.15, 0.2) is 11.5 Å². The van der Waals surface area contributed by atoms with Crippen molar-refractivity contribution in [1.29, 1.82) is 0 Å². The number of amides is 1.